The summed E-state index contributed by atoms with van der Waals surface area (Å²) in [5.74, 6) is 1.38. The standard InChI is InChI=1S/C14H21NO3/c1-16-13-4-2-12(3-5-13)14(15)10-18-9-11-6-7-17-8-11/h2-5,11,14H,6-10,15H2,1H3. The molecule has 0 aliphatic carbocycles. The van der Waals surface area contributed by atoms with E-state index in [-0.39, 0.29) is 6.04 Å². The summed E-state index contributed by atoms with van der Waals surface area (Å²) in [7, 11) is 1.65. The Balaban J connectivity index is 1.74. The van der Waals surface area contributed by atoms with Crippen molar-refractivity contribution in [3.8, 4) is 5.75 Å². The van der Waals surface area contributed by atoms with Crippen LogP contribution in [0, 0.1) is 5.92 Å². The summed E-state index contributed by atoms with van der Waals surface area (Å²) in [6.07, 6.45) is 1.10. The molecule has 1 aliphatic heterocycles. The minimum absolute atomic E-state index is 0.0850. The van der Waals surface area contributed by atoms with Crippen molar-refractivity contribution in [2.75, 3.05) is 33.5 Å². The molecule has 0 amide bonds. The van der Waals surface area contributed by atoms with E-state index < -0.39 is 0 Å². The van der Waals surface area contributed by atoms with E-state index >= 15 is 0 Å². The van der Waals surface area contributed by atoms with Gasteiger partial charge in [-0.1, -0.05) is 12.1 Å². The van der Waals surface area contributed by atoms with Gasteiger partial charge in [-0.3, -0.25) is 0 Å². The first-order valence-corrected chi connectivity index (χ1v) is 6.34. The first-order chi connectivity index (χ1) is 8.79. The number of benzene rings is 1. The van der Waals surface area contributed by atoms with E-state index in [1.807, 2.05) is 24.3 Å². The summed E-state index contributed by atoms with van der Waals surface area (Å²) in [5.41, 5.74) is 7.14. The molecule has 1 heterocycles. The van der Waals surface area contributed by atoms with Crippen LogP contribution in [0.15, 0.2) is 24.3 Å². The minimum Gasteiger partial charge on any atom is -0.497 e. The molecule has 2 N–H and O–H groups in total. The lowest BCUT2D eigenvalue weighted by molar-refractivity contribution is 0.0808. The molecule has 1 fully saturated rings. The van der Waals surface area contributed by atoms with E-state index in [2.05, 4.69) is 0 Å². The third-order valence-corrected chi connectivity index (χ3v) is 3.22. The first kappa shape index (κ1) is 13.3. The quantitative estimate of drug-likeness (QED) is 0.837. The number of rotatable bonds is 6. The van der Waals surface area contributed by atoms with Crippen LogP contribution in [0.4, 0.5) is 0 Å². The maximum absolute atomic E-state index is 6.07. The minimum atomic E-state index is -0.0850. The fraction of sp³-hybridized carbons (Fsp3) is 0.571. The van der Waals surface area contributed by atoms with Crippen molar-refractivity contribution in [3.63, 3.8) is 0 Å². The SMILES string of the molecule is COc1ccc(C(N)COCC2CCOC2)cc1. The molecule has 1 aromatic rings. The third kappa shape index (κ3) is 3.70. The summed E-state index contributed by atoms with van der Waals surface area (Å²) in [5, 5.41) is 0. The van der Waals surface area contributed by atoms with Gasteiger partial charge in [0.15, 0.2) is 0 Å². The van der Waals surface area contributed by atoms with Crippen LogP contribution in [0.2, 0.25) is 0 Å². The molecule has 0 aromatic heterocycles. The van der Waals surface area contributed by atoms with Crippen molar-refractivity contribution in [2.24, 2.45) is 11.7 Å². The second-order valence-electron chi connectivity index (χ2n) is 4.65. The van der Waals surface area contributed by atoms with Gasteiger partial charge < -0.3 is 19.9 Å². The van der Waals surface area contributed by atoms with E-state index in [1.54, 1.807) is 7.11 Å². The van der Waals surface area contributed by atoms with Gasteiger partial charge in [0.1, 0.15) is 5.75 Å². The van der Waals surface area contributed by atoms with Crippen molar-refractivity contribution < 1.29 is 14.2 Å². The highest BCUT2D eigenvalue weighted by Gasteiger charge is 2.16. The molecule has 2 unspecified atom stereocenters. The fourth-order valence-electron chi connectivity index (χ4n) is 2.02. The van der Waals surface area contributed by atoms with Crippen LogP contribution in [-0.2, 0) is 9.47 Å². The van der Waals surface area contributed by atoms with Gasteiger partial charge in [0.05, 0.1) is 33.0 Å². The molecule has 4 heteroatoms. The van der Waals surface area contributed by atoms with E-state index in [4.69, 9.17) is 19.9 Å². The number of methoxy groups -OCH3 is 1. The van der Waals surface area contributed by atoms with Crippen molar-refractivity contribution in [3.05, 3.63) is 29.8 Å². The molecule has 1 aliphatic rings. The maximum Gasteiger partial charge on any atom is 0.118 e. The van der Waals surface area contributed by atoms with Crippen LogP contribution >= 0.6 is 0 Å². The Hall–Kier alpha value is -1.10. The Bertz CT molecular complexity index is 347. The highest BCUT2D eigenvalue weighted by atomic mass is 16.5. The fourth-order valence-corrected chi connectivity index (χ4v) is 2.02. The van der Waals surface area contributed by atoms with Gasteiger partial charge >= 0.3 is 0 Å². The summed E-state index contributed by atoms with van der Waals surface area (Å²) < 4.78 is 16.1. The first-order valence-electron chi connectivity index (χ1n) is 6.34. The van der Waals surface area contributed by atoms with E-state index in [9.17, 15) is 0 Å². The summed E-state index contributed by atoms with van der Waals surface area (Å²) >= 11 is 0. The second kappa shape index (κ2) is 6.73. The average molecular weight is 251 g/mol. The van der Waals surface area contributed by atoms with E-state index in [0.29, 0.717) is 12.5 Å². The molecule has 2 rings (SSSR count). The zero-order valence-electron chi connectivity index (χ0n) is 10.8. The largest absolute Gasteiger partial charge is 0.497 e. The van der Waals surface area contributed by atoms with Crippen molar-refractivity contribution in [2.45, 2.75) is 12.5 Å². The lowest BCUT2D eigenvalue weighted by Crippen LogP contribution is -2.20. The van der Waals surface area contributed by atoms with Crippen molar-refractivity contribution in [1.29, 1.82) is 0 Å². The Morgan fingerprint density at radius 2 is 2.17 bits per heavy atom. The zero-order chi connectivity index (χ0) is 12.8. The normalized spacial score (nSPS) is 20.9. The van der Waals surface area contributed by atoms with Crippen LogP contribution in [0.3, 0.4) is 0 Å². The van der Waals surface area contributed by atoms with Crippen molar-refractivity contribution in [1.82, 2.24) is 0 Å². The molecule has 0 spiro atoms. The van der Waals surface area contributed by atoms with Gasteiger partial charge in [-0.05, 0) is 24.1 Å². The van der Waals surface area contributed by atoms with Crippen LogP contribution in [0.5, 0.6) is 5.75 Å². The average Bonchev–Trinajstić information content (AvgIpc) is 2.92. The van der Waals surface area contributed by atoms with E-state index in [1.165, 1.54) is 0 Å². The molecule has 100 valence electrons. The van der Waals surface area contributed by atoms with Gasteiger partial charge in [-0.15, -0.1) is 0 Å². The van der Waals surface area contributed by atoms with Crippen LogP contribution in [0.25, 0.3) is 0 Å². The second-order valence-corrected chi connectivity index (χ2v) is 4.65. The highest BCUT2D eigenvalue weighted by molar-refractivity contribution is 5.28. The number of nitrogens with two attached hydrogens (primary N) is 1. The van der Waals surface area contributed by atoms with Gasteiger partial charge in [-0.2, -0.15) is 0 Å². The summed E-state index contributed by atoms with van der Waals surface area (Å²) in [6, 6.07) is 7.70. The van der Waals surface area contributed by atoms with Gasteiger partial charge in [0.25, 0.3) is 0 Å². The predicted molar refractivity (Wildman–Crippen MR) is 69.7 cm³/mol. The van der Waals surface area contributed by atoms with Crippen LogP contribution in [-0.4, -0.2) is 33.5 Å². The monoisotopic (exact) mass is 251 g/mol. The predicted octanol–water partition coefficient (Wildman–Crippen LogP) is 1.75. The lowest BCUT2D eigenvalue weighted by Gasteiger charge is -2.14. The third-order valence-electron chi connectivity index (χ3n) is 3.22. The van der Waals surface area contributed by atoms with Crippen LogP contribution < -0.4 is 10.5 Å². The molecule has 0 saturated carbocycles. The summed E-state index contributed by atoms with van der Waals surface area (Å²) in [4.78, 5) is 0. The number of hydrogen-bond donors (Lipinski definition) is 1. The molecule has 4 nitrogen and oxygen atoms in total. The number of hydrogen-bond acceptors (Lipinski definition) is 4. The van der Waals surface area contributed by atoms with Gasteiger partial charge in [0, 0.05) is 12.5 Å². The smallest absolute Gasteiger partial charge is 0.118 e. The topological polar surface area (TPSA) is 53.7 Å². The molecule has 1 saturated heterocycles. The molecule has 1 aromatic carbocycles. The lowest BCUT2D eigenvalue weighted by atomic mass is 10.1. The Labute approximate surface area is 108 Å². The molecule has 18 heavy (non-hydrogen) atoms. The zero-order valence-corrected chi connectivity index (χ0v) is 10.8. The molecule has 0 radical (unpaired) electrons. The van der Waals surface area contributed by atoms with E-state index in [0.717, 1.165) is 37.6 Å². The van der Waals surface area contributed by atoms with Gasteiger partial charge in [-0.25, -0.2) is 0 Å². The maximum atomic E-state index is 6.07. The van der Waals surface area contributed by atoms with Gasteiger partial charge in [0.2, 0.25) is 0 Å². The molecular formula is C14H21NO3. The molecule has 2 atom stereocenters. The molecule has 0 bridgehead atoms. The molecular weight excluding hydrogens is 230 g/mol. The Morgan fingerprint density at radius 1 is 1.39 bits per heavy atom. The highest BCUT2D eigenvalue weighted by Crippen LogP contribution is 2.17. The number of ether oxygens (including phenoxy) is 3. The Kier molecular flexibility index (Phi) is 4.99. The summed E-state index contributed by atoms with van der Waals surface area (Å²) in [6.45, 7) is 2.96. The Morgan fingerprint density at radius 3 is 2.78 bits per heavy atom. The van der Waals surface area contributed by atoms with Crippen molar-refractivity contribution >= 4 is 0 Å². The van der Waals surface area contributed by atoms with Crippen LogP contribution in [0.1, 0.15) is 18.0 Å².